The minimum Gasteiger partial charge on any atom is -0.465 e. The second-order valence-corrected chi connectivity index (χ2v) is 8.07. The first-order valence-corrected chi connectivity index (χ1v) is 10.0. The number of carbonyl (C=O) groups excluding carboxylic acids is 1. The number of nitrogens with zero attached hydrogens (tertiary/aromatic N) is 2. The lowest BCUT2D eigenvalue weighted by Gasteiger charge is -2.26. The summed E-state index contributed by atoms with van der Waals surface area (Å²) in [4.78, 5) is 22.4. The number of ether oxygens (including phenoxy) is 1. The van der Waals surface area contributed by atoms with Gasteiger partial charge < -0.3 is 4.74 Å². The number of carbonyl (C=O) groups is 1. The molecule has 9 heteroatoms. The highest BCUT2D eigenvalue weighted by molar-refractivity contribution is 7.93. The van der Waals surface area contributed by atoms with Crippen molar-refractivity contribution in [1.82, 2.24) is 0 Å². The van der Waals surface area contributed by atoms with E-state index >= 15 is 0 Å². The van der Waals surface area contributed by atoms with Crippen molar-refractivity contribution in [2.45, 2.75) is 32.6 Å². The lowest BCUT2D eigenvalue weighted by molar-refractivity contribution is -0.385. The number of benzene rings is 2. The molecule has 0 aliphatic carbocycles. The zero-order valence-electron chi connectivity index (χ0n) is 16.1. The quantitative estimate of drug-likeness (QED) is 0.397. The van der Waals surface area contributed by atoms with Gasteiger partial charge in [0.1, 0.15) is 6.54 Å². The van der Waals surface area contributed by atoms with Gasteiger partial charge in [-0.2, -0.15) is 0 Å². The lowest BCUT2D eigenvalue weighted by Crippen LogP contribution is -2.37. The van der Waals surface area contributed by atoms with Crippen molar-refractivity contribution in [2.24, 2.45) is 0 Å². The number of sulfonamides is 1. The fraction of sp³-hybridized carbons (Fsp3) is 0.316. The van der Waals surface area contributed by atoms with Crippen molar-refractivity contribution in [3.63, 3.8) is 0 Å². The van der Waals surface area contributed by atoms with Gasteiger partial charge in [0.25, 0.3) is 15.7 Å². The Labute approximate surface area is 163 Å². The Hall–Kier alpha value is -2.94. The van der Waals surface area contributed by atoms with Crippen molar-refractivity contribution >= 4 is 27.4 Å². The van der Waals surface area contributed by atoms with Gasteiger partial charge in [0.15, 0.2) is 0 Å². The highest BCUT2D eigenvalue weighted by atomic mass is 32.2. The highest BCUT2D eigenvalue weighted by Gasteiger charge is 2.31. The zero-order valence-corrected chi connectivity index (χ0v) is 16.9. The number of esters is 1. The Bertz CT molecular complexity index is 1020. The fourth-order valence-electron chi connectivity index (χ4n) is 2.73. The van der Waals surface area contributed by atoms with Crippen LogP contribution in [-0.2, 0) is 19.6 Å². The van der Waals surface area contributed by atoms with Crippen molar-refractivity contribution in [3.05, 3.63) is 63.2 Å². The predicted molar refractivity (Wildman–Crippen MR) is 105 cm³/mol. The molecule has 0 fully saturated rings. The van der Waals surface area contributed by atoms with E-state index in [2.05, 4.69) is 0 Å². The Kier molecular flexibility index (Phi) is 6.40. The summed E-state index contributed by atoms with van der Waals surface area (Å²) >= 11 is 0. The van der Waals surface area contributed by atoms with E-state index in [4.69, 9.17) is 4.74 Å². The van der Waals surface area contributed by atoms with Crippen LogP contribution < -0.4 is 4.31 Å². The van der Waals surface area contributed by atoms with Gasteiger partial charge in [-0.15, -0.1) is 0 Å². The number of anilines is 1. The third-order valence-electron chi connectivity index (χ3n) is 4.37. The molecule has 0 radical (unpaired) electrons. The fourth-order valence-corrected chi connectivity index (χ4v) is 4.44. The number of non-ortho nitro benzene ring substituents is 1. The van der Waals surface area contributed by atoms with E-state index in [1.807, 2.05) is 13.0 Å². The first-order valence-electron chi connectivity index (χ1n) is 8.59. The standard InChI is InChI=1S/C19H22N2O6S/c1-5-27-19(22)12-20(17-8-6-7-13(2)15(17)4)28(25,26)18-11-16(21(23)24)10-9-14(18)3/h6-11H,5,12H2,1-4H3. The molecule has 0 aromatic heterocycles. The van der Waals surface area contributed by atoms with Crippen LogP contribution in [-0.4, -0.2) is 32.5 Å². The first-order chi connectivity index (χ1) is 13.1. The van der Waals surface area contributed by atoms with Crippen LogP contribution in [0.5, 0.6) is 0 Å². The molecule has 150 valence electrons. The summed E-state index contributed by atoms with van der Waals surface area (Å²) in [5.74, 6) is -0.713. The van der Waals surface area contributed by atoms with Crippen LogP contribution in [0.1, 0.15) is 23.6 Å². The molecule has 0 heterocycles. The van der Waals surface area contributed by atoms with Gasteiger partial charge in [-0.25, -0.2) is 8.42 Å². The van der Waals surface area contributed by atoms with E-state index in [1.165, 1.54) is 12.1 Å². The van der Waals surface area contributed by atoms with Crippen molar-refractivity contribution < 1.29 is 22.9 Å². The van der Waals surface area contributed by atoms with E-state index in [0.717, 1.165) is 15.9 Å². The minimum atomic E-state index is -4.27. The molecule has 0 aliphatic rings. The lowest BCUT2D eigenvalue weighted by atomic mass is 10.1. The SMILES string of the molecule is CCOC(=O)CN(c1cccc(C)c1C)S(=O)(=O)c1cc([N+](=O)[O-])ccc1C. The third-order valence-corrected chi connectivity index (χ3v) is 6.28. The number of hydrogen-bond donors (Lipinski definition) is 0. The van der Waals surface area contributed by atoms with E-state index in [0.29, 0.717) is 16.8 Å². The van der Waals surface area contributed by atoms with Gasteiger partial charge >= 0.3 is 5.97 Å². The third kappa shape index (κ3) is 4.30. The van der Waals surface area contributed by atoms with Crippen molar-refractivity contribution in [1.29, 1.82) is 0 Å². The van der Waals surface area contributed by atoms with Gasteiger partial charge in [-0.05, 0) is 50.5 Å². The molecule has 8 nitrogen and oxygen atoms in total. The van der Waals surface area contributed by atoms with Gasteiger partial charge in [-0.3, -0.25) is 19.2 Å². The van der Waals surface area contributed by atoms with Crippen LogP contribution in [0.25, 0.3) is 0 Å². The highest BCUT2D eigenvalue weighted by Crippen LogP contribution is 2.31. The second kappa shape index (κ2) is 8.39. The van der Waals surface area contributed by atoms with Crippen LogP contribution in [0.4, 0.5) is 11.4 Å². The Morgan fingerprint density at radius 3 is 2.43 bits per heavy atom. The van der Waals surface area contributed by atoms with Crippen LogP contribution in [0, 0.1) is 30.9 Å². The molecule has 0 bridgehead atoms. The van der Waals surface area contributed by atoms with Gasteiger partial charge in [-0.1, -0.05) is 18.2 Å². The van der Waals surface area contributed by atoms with Crippen LogP contribution in [0.15, 0.2) is 41.3 Å². The Balaban J connectivity index is 2.68. The van der Waals surface area contributed by atoms with Crippen LogP contribution >= 0.6 is 0 Å². The number of aryl methyl sites for hydroxylation is 2. The molecule has 2 rings (SSSR count). The first kappa shape index (κ1) is 21.4. The molecule has 0 atom stereocenters. The maximum Gasteiger partial charge on any atom is 0.326 e. The predicted octanol–water partition coefficient (Wildman–Crippen LogP) is 3.28. The molecular weight excluding hydrogens is 384 g/mol. The maximum atomic E-state index is 13.4. The van der Waals surface area contributed by atoms with Gasteiger partial charge in [0, 0.05) is 12.1 Å². The molecular formula is C19H22N2O6S. The molecule has 2 aromatic carbocycles. The van der Waals surface area contributed by atoms with Gasteiger partial charge in [0.05, 0.1) is 22.1 Å². The molecule has 28 heavy (non-hydrogen) atoms. The molecule has 0 aliphatic heterocycles. The molecule has 0 saturated carbocycles. The summed E-state index contributed by atoms with van der Waals surface area (Å²) < 4.78 is 32.7. The van der Waals surface area contributed by atoms with E-state index < -0.39 is 27.5 Å². The van der Waals surface area contributed by atoms with Crippen molar-refractivity contribution in [2.75, 3.05) is 17.5 Å². The summed E-state index contributed by atoms with van der Waals surface area (Å²) in [5.41, 5.74) is 1.83. The molecule has 0 spiro atoms. The zero-order chi connectivity index (χ0) is 21.1. The summed E-state index contributed by atoms with van der Waals surface area (Å²) in [6, 6.07) is 8.72. The normalized spacial score (nSPS) is 11.1. The number of nitro benzene ring substituents is 1. The topological polar surface area (TPSA) is 107 Å². The molecule has 0 amide bonds. The molecule has 2 aromatic rings. The maximum absolute atomic E-state index is 13.4. The average Bonchev–Trinajstić information content (AvgIpc) is 2.62. The Morgan fingerprint density at radius 1 is 1.14 bits per heavy atom. The minimum absolute atomic E-state index is 0.107. The smallest absolute Gasteiger partial charge is 0.326 e. The second-order valence-electron chi connectivity index (χ2n) is 6.24. The number of rotatable bonds is 7. The largest absolute Gasteiger partial charge is 0.465 e. The summed E-state index contributed by atoms with van der Waals surface area (Å²) in [7, 11) is -4.27. The van der Waals surface area contributed by atoms with E-state index in [9.17, 15) is 23.3 Å². The Morgan fingerprint density at radius 2 is 1.82 bits per heavy atom. The van der Waals surface area contributed by atoms with Crippen LogP contribution in [0.2, 0.25) is 0 Å². The summed E-state index contributed by atoms with van der Waals surface area (Å²) in [6.45, 7) is 6.31. The van der Waals surface area contributed by atoms with Crippen molar-refractivity contribution in [3.8, 4) is 0 Å². The molecule has 0 N–H and O–H groups in total. The van der Waals surface area contributed by atoms with E-state index in [1.54, 1.807) is 32.9 Å². The van der Waals surface area contributed by atoms with Gasteiger partial charge in [0.2, 0.25) is 0 Å². The summed E-state index contributed by atoms with van der Waals surface area (Å²) in [6.07, 6.45) is 0. The average molecular weight is 406 g/mol. The monoisotopic (exact) mass is 406 g/mol. The molecule has 0 saturated heterocycles. The van der Waals surface area contributed by atoms with Crippen LogP contribution in [0.3, 0.4) is 0 Å². The number of nitro groups is 1. The summed E-state index contributed by atoms with van der Waals surface area (Å²) in [5, 5.41) is 11.1. The van der Waals surface area contributed by atoms with E-state index in [-0.39, 0.29) is 17.2 Å². The molecule has 0 unspecified atom stereocenters. The number of hydrogen-bond acceptors (Lipinski definition) is 6.